The van der Waals surface area contributed by atoms with Gasteiger partial charge in [-0.1, -0.05) is 12.1 Å². The Kier molecular flexibility index (Phi) is 4.48. The number of aromatic nitrogens is 2. The second kappa shape index (κ2) is 7.07. The van der Waals surface area contributed by atoms with Crippen LogP contribution in [0.1, 0.15) is 46.5 Å². The van der Waals surface area contributed by atoms with Crippen LogP contribution in [-0.2, 0) is 6.42 Å². The summed E-state index contributed by atoms with van der Waals surface area (Å²) in [5, 5.41) is 0. The van der Waals surface area contributed by atoms with Crippen molar-refractivity contribution in [2.75, 3.05) is 6.54 Å². The third-order valence-electron chi connectivity index (χ3n) is 4.57. The fraction of sp³-hybridized carbons (Fsp3) is 0.250. The number of hydrogen-bond acceptors (Lipinski definition) is 4. The molecule has 1 amide bonds. The van der Waals surface area contributed by atoms with Crippen LogP contribution in [0.2, 0.25) is 0 Å². The molecule has 1 atom stereocenters. The van der Waals surface area contributed by atoms with Gasteiger partial charge in [0.1, 0.15) is 17.6 Å². The highest BCUT2D eigenvalue weighted by Crippen LogP contribution is 2.33. The fourth-order valence-corrected chi connectivity index (χ4v) is 3.28. The first-order valence-electron chi connectivity index (χ1n) is 8.61. The average molecular weight is 351 g/mol. The van der Waals surface area contributed by atoms with Gasteiger partial charge < -0.3 is 9.32 Å². The van der Waals surface area contributed by atoms with E-state index in [1.165, 1.54) is 12.1 Å². The zero-order valence-corrected chi connectivity index (χ0v) is 14.1. The van der Waals surface area contributed by atoms with E-state index in [1.54, 1.807) is 47.8 Å². The lowest BCUT2D eigenvalue weighted by Gasteiger charge is -2.22. The van der Waals surface area contributed by atoms with Crippen LogP contribution in [0.5, 0.6) is 0 Å². The topological polar surface area (TPSA) is 59.2 Å². The first-order chi connectivity index (χ1) is 12.7. The van der Waals surface area contributed by atoms with Crippen LogP contribution >= 0.6 is 0 Å². The van der Waals surface area contributed by atoms with Crippen LogP contribution in [0.4, 0.5) is 4.39 Å². The SMILES string of the molecule is O=C(c1cccnc1)N1CCC[C@@H]1c1ncc(Cc2ccc(F)cc2)o1. The Balaban J connectivity index is 1.51. The molecule has 3 aromatic rings. The highest BCUT2D eigenvalue weighted by Gasteiger charge is 2.33. The summed E-state index contributed by atoms with van der Waals surface area (Å²) in [6.07, 6.45) is 7.18. The van der Waals surface area contributed by atoms with Crippen LogP contribution in [0.25, 0.3) is 0 Å². The minimum absolute atomic E-state index is 0.0566. The van der Waals surface area contributed by atoms with E-state index >= 15 is 0 Å². The quantitative estimate of drug-likeness (QED) is 0.718. The van der Waals surface area contributed by atoms with E-state index in [0.29, 0.717) is 30.2 Å². The minimum Gasteiger partial charge on any atom is -0.443 e. The second-order valence-corrected chi connectivity index (χ2v) is 6.37. The molecule has 0 aliphatic carbocycles. The summed E-state index contributed by atoms with van der Waals surface area (Å²) in [7, 11) is 0. The first kappa shape index (κ1) is 16.4. The number of hydrogen-bond donors (Lipinski definition) is 0. The molecule has 0 bridgehead atoms. The number of carbonyl (C=O) groups is 1. The summed E-state index contributed by atoms with van der Waals surface area (Å²) in [5.41, 5.74) is 1.52. The maximum absolute atomic E-state index is 13.0. The van der Waals surface area contributed by atoms with Gasteiger partial charge in [-0.15, -0.1) is 0 Å². The van der Waals surface area contributed by atoms with Gasteiger partial charge in [-0.05, 0) is 42.7 Å². The molecule has 0 radical (unpaired) electrons. The van der Waals surface area contributed by atoms with Crippen LogP contribution in [0.3, 0.4) is 0 Å². The Morgan fingerprint density at radius 2 is 2.08 bits per heavy atom. The maximum Gasteiger partial charge on any atom is 0.256 e. The number of nitrogens with zero attached hydrogens (tertiary/aromatic N) is 3. The predicted molar refractivity (Wildman–Crippen MR) is 93.0 cm³/mol. The van der Waals surface area contributed by atoms with E-state index in [4.69, 9.17) is 4.42 Å². The molecule has 0 saturated carbocycles. The highest BCUT2D eigenvalue weighted by atomic mass is 19.1. The van der Waals surface area contributed by atoms with E-state index in [9.17, 15) is 9.18 Å². The Hall–Kier alpha value is -3.02. The molecule has 1 fully saturated rings. The number of halogens is 1. The monoisotopic (exact) mass is 351 g/mol. The van der Waals surface area contributed by atoms with Crippen molar-refractivity contribution in [3.05, 3.63) is 83.6 Å². The highest BCUT2D eigenvalue weighted by molar-refractivity contribution is 5.94. The summed E-state index contributed by atoms with van der Waals surface area (Å²) < 4.78 is 18.9. The van der Waals surface area contributed by atoms with Gasteiger partial charge in [0.2, 0.25) is 5.89 Å². The first-order valence-corrected chi connectivity index (χ1v) is 8.61. The smallest absolute Gasteiger partial charge is 0.256 e. The van der Waals surface area contributed by atoms with Gasteiger partial charge in [0.05, 0.1) is 11.8 Å². The van der Waals surface area contributed by atoms with Crippen molar-refractivity contribution < 1.29 is 13.6 Å². The minimum atomic E-state index is -0.262. The Labute approximate surface area is 150 Å². The van der Waals surface area contributed by atoms with Crippen LogP contribution in [0.15, 0.2) is 59.4 Å². The normalized spacial score (nSPS) is 16.8. The standard InChI is InChI=1S/C20H18FN3O2/c21-16-7-5-14(6-8-16)11-17-13-23-19(26-17)18-4-2-10-24(18)20(25)15-3-1-9-22-12-15/h1,3,5-9,12-13,18H,2,4,10-11H2/t18-/m1/s1. The zero-order chi connectivity index (χ0) is 17.9. The molecule has 0 N–H and O–H groups in total. The predicted octanol–water partition coefficient (Wildman–Crippen LogP) is 3.78. The second-order valence-electron chi connectivity index (χ2n) is 6.37. The largest absolute Gasteiger partial charge is 0.443 e. The molecule has 1 saturated heterocycles. The number of carbonyl (C=O) groups excluding carboxylic acids is 1. The van der Waals surface area contributed by atoms with E-state index in [0.717, 1.165) is 18.4 Å². The Bertz CT molecular complexity index is 893. The molecule has 0 unspecified atom stereocenters. The van der Waals surface area contributed by atoms with E-state index < -0.39 is 0 Å². The molecule has 5 nitrogen and oxygen atoms in total. The molecular weight excluding hydrogens is 333 g/mol. The van der Waals surface area contributed by atoms with Crippen LogP contribution < -0.4 is 0 Å². The number of oxazole rings is 1. The van der Waals surface area contributed by atoms with Crippen molar-refractivity contribution in [2.45, 2.75) is 25.3 Å². The summed E-state index contributed by atoms with van der Waals surface area (Å²) >= 11 is 0. The van der Waals surface area contributed by atoms with Gasteiger partial charge in [0.25, 0.3) is 5.91 Å². The summed E-state index contributed by atoms with van der Waals surface area (Å²) in [4.78, 5) is 22.9. The van der Waals surface area contributed by atoms with Crippen molar-refractivity contribution in [3.63, 3.8) is 0 Å². The molecule has 6 heteroatoms. The third-order valence-corrected chi connectivity index (χ3v) is 4.57. The summed E-state index contributed by atoms with van der Waals surface area (Å²) in [6, 6.07) is 9.67. The lowest BCUT2D eigenvalue weighted by molar-refractivity contribution is 0.0714. The average Bonchev–Trinajstić information content (AvgIpc) is 3.33. The van der Waals surface area contributed by atoms with Gasteiger partial charge in [-0.3, -0.25) is 9.78 Å². The number of pyridine rings is 1. The van der Waals surface area contributed by atoms with E-state index in [1.807, 2.05) is 0 Å². The molecule has 1 aromatic carbocycles. The summed E-state index contributed by atoms with van der Waals surface area (Å²) in [6.45, 7) is 0.675. The van der Waals surface area contributed by atoms with Gasteiger partial charge in [-0.2, -0.15) is 0 Å². The Morgan fingerprint density at radius 3 is 2.85 bits per heavy atom. The van der Waals surface area contributed by atoms with Gasteiger partial charge in [-0.25, -0.2) is 9.37 Å². The molecule has 1 aliphatic rings. The van der Waals surface area contributed by atoms with Crippen LogP contribution in [0, 0.1) is 5.82 Å². The lowest BCUT2D eigenvalue weighted by atomic mass is 10.1. The van der Waals surface area contributed by atoms with Gasteiger partial charge in [0.15, 0.2) is 0 Å². The maximum atomic E-state index is 13.0. The summed E-state index contributed by atoms with van der Waals surface area (Å²) in [5.74, 6) is 0.936. The molecule has 4 rings (SSSR count). The van der Waals surface area contributed by atoms with Crippen molar-refractivity contribution in [1.29, 1.82) is 0 Å². The number of likely N-dealkylation sites (tertiary alicyclic amines) is 1. The van der Waals surface area contributed by atoms with Crippen LogP contribution in [-0.4, -0.2) is 27.3 Å². The molecule has 26 heavy (non-hydrogen) atoms. The molecule has 132 valence electrons. The van der Waals surface area contributed by atoms with E-state index in [-0.39, 0.29) is 17.8 Å². The van der Waals surface area contributed by atoms with Crippen molar-refractivity contribution in [2.24, 2.45) is 0 Å². The molecule has 1 aliphatic heterocycles. The van der Waals surface area contributed by atoms with Gasteiger partial charge in [0, 0.05) is 25.4 Å². The van der Waals surface area contributed by atoms with Crippen molar-refractivity contribution >= 4 is 5.91 Å². The lowest BCUT2D eigenvalue weighted by Crippen LogP contribution is -2.30. The van der Waals surface area contributed by atoms with Crippen molar-refractivity contribution in [3.8, 4) is 0 Å². The van der Waals surface area contributed by atoms with Crippen molar-refractivity contribution in [1.82, 2.24) is 14.9 Å². The Morgan fingerprint density at radius 1 is 1.23 bits per heavy atom. The number of amides is 1. The molecule has 3 heterocycles. The third kappa shape index (κ3) is 3.35. The van der Waals surface area contributed by atoms with Gasteiger partial charge >= 0.3 is 0 Å². The number of rotatable bonds is 4. The molecule has 2 aromatic heterocycles. The molecule has 0 spiro atoms. The fourth-order valence-electron chi connectivity index (χ4n) is 3.28. The zero-order valence-electron chi connectivity index (χ0n) is 14.1. The number of benzene rings is 1. The van der Waals surface area contributed by atoms with E-state index in [2.05, 4.69) is 9.97 Å². The molecular formula is C20H18FN3O2.